The SMILES string of the molecule is c1ccc(-c2ccc3c(c2)Oc2ccccc2-c2ccccc2Oc2cc(-c4cccc(-c5cccnc5)c4)ccc2-3)cc1. The highest BCUT2D eigenvalue weighted by Gasteiger charge is 2.21. The van der Waals surface area contributed by atoms with Crippen LogP contribution in [-0.2, 0) is 0 Å². The molecule has 0 atom stereocenters. The molecule has 0 N–H and O–H groups in total. The van der Waals surface area contributed by atoms with Crippen molar-refractivity contribution >= 4 is 0 Å². The minimum atomic E-state index is 0.762. The Morgan fingerprint density at radius 2 is 0.795 bits per heavy atom. The molecule has 0 fully saturated rings. The first-order valence-electron chi connectivity index (χ1n) is 14.7. The van der Waals surface area contributed by atoms with Gasteiger partial charge in [0.2, 0.25) is 0 Å². The second kappa shape index (κ2) is 11.0. The summed E-state index contributed by atoms with van der Waals surface area (Å²) in [6, 6.07) is 52.1. The summed E-state index contributed by atoms with van der Waals surface area (Å²) in [5.74, 6) is 3.09. The maximum atomic E-state index is 6.86. The quantitative estimate of drug-likeness (QED) is 0.213. The van der Waals surface area contributed by atoms with E-state index in [1.165, 1.54) is 0 Å². The van der Waals surface area contributed by atoms with Gasteiger partial charge in [-0.1, -0.05) is 103 Å². The highest BCUT2D eigenvalue weighted by atomic mass is 16.5. The standard InChI is InChI=1S/C41H27NO2/c1-2-10-28(11-3-1)31-19-21-36-37-22-20-32(29-12-8-13-30(24-29)33-14-9-23-42-27-33)26-41(37)44-39-18-7-5-16-35(39)34-15-4-6-17-38(34)43-40(36)25-31/h1-27H. The van der Waals surface area contributed by atoms with E-state index in [9.17, 15) is 0 Å². The summed E-state index contributed by atoms with van der Waals surface area (Å²) in [6.45, 7) is 0. The molecule has 0 saturated heterocycles. The van der Waals surface area contributed by atoms with E-state index < -0.39 is 0 Å². The lowest BCUT2D eigenvalue weighted by atomic mass is 9.94. The van der Waals surface area contributed by atoms with Crippen molar-refractivity contribution in [3.8, 4) is 78.6 Å². The summed E-state index contributed by atoms with van der Waals surface area (Å²) >= 11 is 0. The first kappa shape index (κ1) is 25.8. The minimum absolute atomic E-state index is 0.762. The molecule has 3 nitrogen and oxygen atoms in total. The molecule has 1 aliphatic rings. The number of pyridine rings is 1. The van der Waals surface area contributed by atoms with Gasteiger partial charge in [-0.15, -0.1) is 0 Å². The van der Waals surface area contributed by atoms with Gasteiger partial charge in [0.15, 0.2) is 0 Å². The fourth-order valence-corrected chi connectivity index (χ4v) is 5.85. The Balaban J connectivity index is 1.33. The maximum Gasteiger partial charge on any atom is 0.136 e. The van der Waals surface area contributed by atoms with E-state index in [1.807, 2.05) is 54.7 Å². The van der Waals surface area contributed by atoms with E-state index in [4.69, 9.17) is 9.47 Å². The van der Waals surface area contributed by atoms with E-state index in [0.717, 1.165) is 78.6 Å². The fourth-order valence-electron chi connectivity index (χ4n) is 5.85. The monoisotopic (exact) mass is 565 g/mol. The molecule has 0 radical (unpaired) electrons. The van der Waals surface area contributed by atoms with E-state index in [0.29, 0.717) is 0 Å². The Labute approximate surface area is 256 Å². The summed E-state index contributed by atoms with van der Waals surface area (Å²) in [5, 5.41) is 0. The van der Waals surface area contributed by atoms with Gasteiger partial charge in [0.25, 0.3) is 0 Å². The summed E-state index contributed by atoms with van der Waals surface area (Å²) in [4.78, 5) is 4.31. The van der Waals surface area contributed by atoms with E-state index in [-0.39, 0.29) is 0 Å². The number of rotatable bonds is 3. The van der Waals surface area contributed by atoms with Crippen LogP contribution in [0.4, 0.5) is 0 Å². The highest BCUT2D eigenvalue weighted by Crippen LogP contribution is 2.48. The van der Waals surface area contributed by atoms with Crippen molar-refractivity contribution in [1.29, 1.82) is 0 Å². The molecule has 0 amide bonds. The topological polar surface area (TPSA) is 31.4 Å². The number of fused-ring (bicyclic) bond motifs is 6. The Kier molecular flexibility index (Phi) is 6.47. The van der Waals surface area contributed by atoms with E-state index in [2.05, 4.69) is 108 Å². The smallest absolute Gasteiger partial charge is 0.136 e. The number of nitrogens with zero attached hydrogens (tertiary/aromatic N) is 1. The van der Waals surface area contributed by atoms with Crippen molar-refractivity contribution in [2.45, 2.75) is 0 Å². The van der Waals surface area contributed by atoms with Gasteiger partial charge in [-0.2, -0.15) is 0 Å². The maximum absolute atomic E-state index is 6.86. The van der Waals surface area contributed by atoms with Crippen molar-refractivity contribution in [2.75, 3.05) is 0 Å². The van der Waals surface area contributed by atoms with Gasteiger partial charge in [0, 0.05) is 40.2 Å². The molecule has 1 aliphatic heterocycles. The Bertz CT molecular complexity index is 2120. The van der Waals surface area contributed by atoms with Crippen LogP contribution in [0, 0.1) is 0 Å². The van der Waals surface area contributed by atoms with Gasteiger partial charge in [0.05, 0.1) is 0 Å². The molecule has 0 aliphatic carbocycles. The minimum Gasteiger partial charge on any atom is -0.456 e. The first-order chi connectivity index (χ1) is 21.8. The van der Waals surface area contributed by atoms with Crippen LogP contribution >= 0.6 is 0 Å². The molecule has 0 spiro atoms. The van der Waals surface area contributed by atoms with Gasteiger partial charge in [-0.3, -0.25) is 4.98 Å². The molecule has 208 valence electrons. The number of hydrogen-bond donors (Lipinski definition) is 0. The van der Waals surface area contributed by atoms with Gasteiger partial charge in [-0.05, 0) is 76.3 Å². The second-order valence-corrected chi connectivity index (χ2v) is 10.8. The average molecular weight is 566 g/mol. The molecule has 7 aromatic rings. The predicted octanol–water partition coefficient (Wildman–Crippen LogP) is 11.3. The van der Waals surface area contributed by atoms with Crippen LogP contribution in [0.1, 0.15) is 0 Å². The van der Waals surface area contributed by atoms with Crippen molar-refractivity contribution in [2.24, 2.45) is 0 Å². The average Bonchev–Trinajstić information content (AvgIpc) is 3.10. The molecule has 0 unspecified atom stereocenters. The lowest BCUT2D eigenvalue weighted by Gasteiger charge is -2.22. The van der Waals surface area contributed by atoms with Crippen LogP contribution in [0.15, 0.2) is 164 Å². The van der Waals surface area contributed by atoms with Gasteiger partial charge < -0.3 is 9.47 Å². The number of ether oxygens (including phenoxy) is 2. The third kappa shape index (κ3) is 4.81. The Hall–Kier alpha value is -5.93. The Morgan fingerprint density at radius 3 is 1.41 bits per heavy atom. The van der Waals surface area contributed by atoms with Crippen molar-refractivity contribution in [1.82, 2.24) is 4.98 Å². The number of para-hydroxylation sites is 2. The summed E-state index contributed by atoms with van der Waals surface area (Å²) < 4.78 is 13.7. The molecule has 44 heavy (non-hydrogen) atoms. The van der Waals surface area contributed by atoms with Crippen LogP contribution in [0.5, 0.6) is 23.0 Å². The number of benzene rings is 6. The summed E-state index contributed by atoms with van der Waals surface area (Å²) in [7, 11) is 0. The van der Waals surface area contributed by atoms with E-state index >= 15 is 0 Å². The van der Waals surface area contributed by atoms with Crippen LogP contribution in [-0.4, -0.2) is 4.98 Å². The molecule has 0 saturated carbocycles. The zero-order valence-corrected chi connectivity index (χ0v) is 23.9. The zero-order valence-electron chi connectivity index (χ0n) is 23.9. The number of hydrogen-bond acceptors (Lipinski definition) is 3. The van der Waals surface area contributed by atoms with Crippen LogP contribution in [0.25, 0.3) is 55.6 Å². The van der Waals surface area contributed by atoms with Crippen molar-refractivity contribution in [3.05, 3.63) is 164 Å². The molecule has 1 aromatic heterocycles. The number of aromatic nitrogens is 1. The molecule has 2 heterocycles. The molecule has 8 rings (SSSR count). The first-order valence-corrected chi connectivity index (χ1v) is 14.7. The summed E-state index contributed by atoms with van der Waals surface area (Å²) in [5.41, 5.74) is 10.5. The summed E-state index contributed by atoms with van der Waals surface area (Å²) in [6.07, 6.45) is 3.69. The van der Waals surface area contributed by atoms with Crippen molar-refractivity contribution in [3.63, 3.8) is 0 Å². The lowest BCUT2D eigenvalue weighted by Crippen LogP contribution is -1.98. The highest BCUT2D eigenvalue weighted by molar-refractivity contribution is 5.85. The largest absolute Gasteiger partial charge is 0.456 e. The molecule has 3 heteroatoms. The fraction of sp³-hybridized carbons (Fsp3) is 0. The molecular weight excluding hydrogens is 538 g/mol. The van der Waals surface area contributed by atoms with Gasteiger partial charge in [-0.25, -0.2) is 0 Å². The zero-order chi connectivity index (χ0) is 29.3. The second-order valence-electron chi connectivity index (χ2n) is 10.8. The van der Waals surface area contributed by atoms with Gasteiger partial charge >= 0.3 is 0 Å². The third-order valence-corrected chi connectivity index (χ3v) is 8.06. The Morgan fingerprint density at radius 1 is 0.318 bits per heavy atom. The normalized spacial score (nSPS) is 11.5. The van der Waals surface area contributed by atoms with E-state index in [1.54, 1.807) is 6.20 Å². The third-order valence-electron chi connectivity index (χ3n) is 8.06. The van der Waals surface area contributed by atoms with Crippen LogP contribution < -0.4 is 9.47 Å². The molecular formula is C41H27NO2. The van der Waals surface area contributed by atoms with Gasteiger partial charge in [0.1, 0.15) is 23.0 Å². The predicted molar refractivity (Wildman–Crippen MR) is 178 cm³/mol. The molecule has 0 bridgehead atoms. The van der Waals surface area contributed by atoms with Crippen LogP contribution in [0.2, 0.25) is 0 Å². The molecule has 6 aromatic carbocycles. The van der Waals surface area contributed by atoms with Crippen molar-refractivity contribution < 1.29 is 9.47 Å². The van der Waals surface area contributed by atoms with Crippen LogP contribution in [0.3, 0.4) is 0 Å². The lowest BCUT2D eigenvalue weighted by molar-refractivity contribution is 0.472.